The Bertz CT molecular complexity index is 856. The fraction of sp³-hybridized carbons (Fsp3) is 0.263. The van der Waals surface area contributed by atoms with Gasteiger partial charge in [-0.05, 0) is 42.7 Å². The molecule has 0 saturated carbocycles. The average molecular weight is 374 g/mol. The number of anilines is 2. The molecule has 0 bridgehead atoms. The van der Waals surface area contributed by atoms with E-state index in [4.69, 9.17) is 4.74 Å². The second-order valence-electron chi connectivity index (χ2n) is 6.36. The first kappa shape index (κ1) is 18.2. The van der Waals surface area contributed by atoms with Crippen molar-refractivity contribution in [2.45, 2.75) is 32.0 Å². The van der Waals surface area contributed by atoms with Gasteiger partial charge in [0.2, 0.25) is 5.91 Å². The van der Waals surface area contributed by atoms with Crippen LogP contribution in [-0.2, 0) is 22.6 Å². The highest BCUT2D eigenvalue weighted by Crippen LogP contribution is 2.32. The topological polar surface area (TPSA) is 79.5 Å². The van der Waals surface area contributed by atoms with Crippen molar-refractivity contribution < 1.29 is 14.3 Å². The molecule has 2 aromatic carbocycles. The van der Waals surface area contributed by atoms with E-state index >= 15 is 0 Å². The number of halogens is 1. The summed E-state index contributed by atoms with van der Waals surface area (Å²) in [7, 11) is 0. The maximum absolute atomic E-state index is 12.6. The summed E-state index contributed by atoms with van der Waals surface area (Å²) in [6.45, 7) is 2.38. The van der Waals surface area contributed by atoms with Crippen molar-refractivity contribution in [3.8, 4) is 5.75 Å². The van der Waals surface area contributed by atoms with Gasteiger partial charge in [0.05, 0.1) is 11.7 Å². The Morgan fingerprint density at radius 3 is 2.77 bits per heavy atom. The Hall–Kier alpha value is -2.57. The molecule has 2 atom stereocenters. The Balaban J connectivity index is 0.00000196. The number of carbonyl (C=O) groups excluding carboxylic acids is 2. The van der Waals surface area contributed by atoms with Crippen LogP contribution in [0, 0.1) is 0 Å². The molecule has 4 rings (SSSR count). The van der Waals surface area contributed by atoms with E-state index in [2.05, 4.69) is 28.1 Å². The van der Waals surface area contributed by atoms with Crippen LogP contribution >= 0.6 is 12.4 Å². The number of nitrogens with one attached hydrogen (secondary N) is 3. The number of amides is 2. The van der Waals surface area contributed by atoms with Gasteiger partial charge in [-0.15, -0.1) is 12.4 Å². The molecule has 2 unspecified atom stereocenters. The van der Waals surface area contributed by atoms with Gasteiger partial charge in [0, 0.05) is 12.2 Å². The highest BCUT2D eigenvalue weighted by atomic mass is 35.5. The number of benzene rings is 2. The fourth-order valence-corrected chi connectivity index (χ4v) is 3.16. The van der Waals surface area contributed by atoms with E-state index in [-0.39, 0.29) is 30.3 Å². The van der Waals surface area contributed by atoms with Crippen molar-refractivity contribution in [2.75, 3.05) is 10.6 Å². The minimum absolute atomic E-state index is 0. The van der Waals surface area contributed by atoms with E-state index in [1.165, 1.54) is 11.1 Å². The second kappa shape index (κ2) is 7.35. The zero-order chi connectivity index (χ0) is 17.4. The SMILES string of the molecule is CC1Oc2ccc(NC(=O)C3Cc4ccccc4CN3)cc2NC1=O.Cl. The highest BCUT2D eigenvalue weighted by Gasteiger charge is 2.26. The lowest BCUT2D eigenvalue weighted by Crippen LogP contribution is -2.44. The van der Waals surface area contributed by atoms with Crippen molar-refractivity contribution in [1.82, 2.24) is 5.32 Å². The first-order valence-corrected chi connectivity index (χ1v) is 8.33. The van der Waals surface area contributed by atoms with Crippen LogP contribution < -0.4 is 20.7 Å². The Morgan fingerprint density at radius 1 is 1.19 bits per heavy atom. The monoisotopic (exact) mass is 373 g/mol. The molecule has 26 heavy (non-hydrogen) atoms. The zero-order valence-corrected chi connectivity index (χ0v) is 15.1. The average Bonchev–Trinajstić information content (AvgIpc) is 2.62. The van der Waals surface area contributed by atoms with Crippen LogP contribution in [0.3, 0.4) is 0 Å². The molecule has 6 nitrogen and oxygen atoms in total. The van der Waals surface area contributed by atoms with E-state index in [1.807, 2.05) is 12.1 Å². The zero-order valence-electron chi connectivity index (χ0n) is 14.2. The Morgan fingerprint density at radius 2 is 1.96 bits per heavy atom. The van der Waals surface area contributed by atoms with E-state index in [0.29, 0.717) is 30.1 Å². The third-order valence-electron chi connectivity index (χ3n) is 4.58. The highest BCUT2D eigenvalue weighted by molar-refractivity contribution is 6.00. The van der Waals surface area contributed by atoms with Crippen molar-refractivity contribution in [3.63, 3.8) is 0 Å². The number of ether oxygens (including phenoxy) is 1. The molecule has 2 heterocycles. The predicted molar refractivity (Wildman–Crippen MR) is 102 cm³/mol. The Labute approximate surface area is 157 Å². The Kier molecular flexibility index (Phi) is 5.15. The fourth-order valence-electron chi connectivity index (χ4n) is 3.16. The van der Waals surface area contributed by atoms with E-state index in [9.17, 15) is 9.59 Å². The van der Waals surface area contributed by atoms with Crippen LogP contribution in [0.25, 0.3) is 0 Å². The lowest BCUT2D eigenvalue weighted by atomic mass is 9.95. The van der Waals surface area contributed by atoms with Gasteiger partial charge in [0.1, 0.15) is 5.75 Å². The lowest BCUT2D eigenvalue weighted by Gasteiger charge is -2.26. The van der Waals surface area contributed by atoms with Gasteiger partial charge in [0.25, 0.3) is 5.91 Å². The molecule has 0 fully saturated rings. The van der Waals surface area contributed by atoms with Gasteiger partial charge in [-0.25, -0.2) is 0 Å². The summed E-state index contributed by atoms with van der Waals surface area (Å²) in [4.78, 5) is 24.3. The van der Waals surface area contributed by atoms with Crippen LogP contribution in [0.2, 0.25) is 0 Å². The molecule has 136 valence electrons. The molecule has 7 heteroatoms. The smallest absolute Gasteiger partial charge is 0.265 e. The number of fused-ring (bicyclic) bond motifs is 2. The maximum Gasteiger partial charge on any atom is 0.265 e. The number of hydrogen-bond donors (Lipinski definition) is 3. The predicted octanol–water partition coefficient (Wildman–Crippen LogP) is 2.48. The molecule has 0 saturated heterocycles. The molecule has 0 aromatic heterocycles. The third-order valence-corrected chi connectivity index (χ3v) is 4.58. The molecule has 0 radical (unpaired) electrons. The first-order chi connectivity index (χ1) is 12.1. The molecular weight excluding hydrogens is 354 g/mol. The van der Waals surface area contributed by atoms with Crippen molar-refractivity contribution >= 4 is 35.6 Å². The van der Waals surface area contributed by atoms with Crippen LogP contribution in [0.4, 0.5) is 11.4 Å². The van der Waals surface area contributed by atoms with E-state index < -0.39 is 6.10 Å². The van der Waals surface area contributed by atoms with Crippen molar-refractivity contribution in [2.24, 2.45) is 0 Å². The molecule has 2 amide bonds. The molecule has 2 aliphatic heterocycles. The van der Waals surface area contributed by atoms with Crippen LogP contribution in [-0.4, -0.2) is 24.0 Å². The van der Waals surface area contributed by atoms with Crippen LogP contribution in [0.15, 0.2) is 42.5 Å². The molecule has 0 spiro atoms. The van der Waals surface area contributed by atoms with Gasteiger partial charge < -0.3 is 20.7 Å². The van der Waals surface area contributed by atoms with Crippen molar-refractivity contribution in [1.29, 1.82) is 0 Å². The molecule has 0 aliphatic carbocycles. The minimum Gasteiger partial charge on any atom is -0.479 e. The summed E-state index contributed by atoms with van der Waals surface area (Å²) in [6.07, 6.45) is 0.143. The summed E-state index contributed by atoms with van der Waals surface area (Å²) >= 11 is 0. The van der Waals surface area contributed by atoms with Gasteiger partial charge >= 0.3 is 0 Å². The quantitative estimate of drug-likeness (QED) is 0.755. The summed E-state index contributed by atoms with van der Waals surface area (Å²) in [5.74, 6) is 0.322. The second-order valence-corrected chi connectivity index (χ2v) is 6.36. The number of carbonyl (C=O) groups is 2. The van der Waals surface area contributed by atoms with E-state index in [0.717, 1.165) is 0 Å². The number of hydrogen-bond acceptors (Lipinski definition) is 4. The van der Waals surface area contributed by atoms with Crippen LogP contribution in [0.5, 0.6) is 5.75 Å². The summed E-state index contributed by atoms with van der Waals surface area (Å²) in [5, 5.41) is 8.96. The summed E-state index contributed by atoms with van der Waals surface area (Å²) in [6, 6.07) is 13.1. The standard InChI is InChI=1S/C19H19N3O3.ClH/c1-11-18(23)22-15-9-14(6-7-17(15)25-11)21-19(24)16-8-12-4-2-3-5-13(12)10-20-16;/h2-7,9,11,16,20H,8,10H2,1H3,(H,21,24)(H,22,23);1H. The van der Waals surface area contributed by atoms with Gasteiger partial charge in [-0.3, -0.25) is 9.59 Å². The molecule has 2 aliphatic rings. The van der Waals surface area contributed by atoms with Gasteiger partial charge in [-0.2, -0.15) is 0 Å². The molecular formula is C19H20ClN3O3. The summed E-state index contributed by atoms with van der Waals surface area (Å²) < 4.78 is 5.52. The van der Waals surface area contributed by atoms with Gasteiger partial charge in [0.15, 0.2) is 6.10 Å². The molecule has 2 aromatic rings. The lowest BCUT2D eigenvalue weighted by molar-refractivity contribution is -0.122. The minimum atomic E-state index is -0.514. The third kappa shape index (κ3) is 3.52. The van der Waals surface area contributed by atoms with Crippen molar-refractivity contribution in [3.05, 3.63) is 53.6 Å². The summed E-state index contributed by atoms with van der Waals surface area (Å²) in [5.41, 5.74) is 3.63. The van der Waals surface area contributed by atoms with E-state index in [1.54, 1.807) is 25.1 Å². The first-order valence-electron chi connectivity index (χ1n) is 8.33. The normalized spacial score (nSPS) is 20.6. The molecule has 3 N–H and O–H groups in total. The maximum atomic E-state index is 12.6. The van der Waals surface area contributed by atoms with Crippen LogP contribution in [0.1, 0.15) is 18.1 Å². The van der Waals surface area contributed by atoms with Gasteiger partial charge in [-0.1, -0.05) is 24.3 Å². The number of rotatable bonds is 2. The largest absolute Gasteiger partial charge is 0.479 e.